The minimum Gasteiger partial charge on any atom is -0.339 e. The second-order valence-electron chi connectivity index (χ2n) is 4.83. The summed E-state index contributed by atoms with van der Waals surface area (Å²) in [6.45, 7) is 3.75. The third-order valence-electron chi connectivity index (χ3n) is 3.22. The fourth-order valence-corrected chi connectivity index (χ4v) is 2.94. The maximum absolute atomic E-state index is 11.6. The first kappa shape index (κ1) is 15.4. The van der Waals surface area contributed by atoms with E-state index in [1.165, 1.54) is 11.3 Å². The van der Waals surface area contributed by atoms with E-state index in [4.69, 9.17) is 4.52 Å². The van der Waals surface area contributed by atoms with Crippen molar-refractivity contribution < 1.29 is 9.32 Å². The molecule has 1 N–H and O–H groups in total. The molecule has 0 saturated carbocycles. The van der Waals surface area contributed by atoms with Crippen LogP contribution < -0.4 is 5.32 Å². The Labute approximate surface area is 137 Å². The van der Waals surface area contributed by atoms with Crippen molar-refractivity contribution in [3.05, 3.63) is 36.2 Å². The van der Waals surface area contributed by atoms with E-state index in [9.17, 15) is 4.79 Å². The molecule has 2 heterocycles. The average molecular weight is 328 g/mol. The number of nitrogens with one attached hydrogen (secondary N) is 1. The van der Waals surface area contributed by atoms with Gasteiger partial charge in [0.2, 0.25) is 17.6 Å². The maximum Gasteiger partial charge on any atom is 0.226 e. The van der Waals surface area contributed by atoms with Gasteiger partial charge in [-0.25, -0.2) is 4.98 Å². The normalized spacial score (nSPS) is 10.7. The second kappa shape index (κ2) is 6.70. The number of thiazole rings is 1. The minimum atomic E-state index is -0.0766. The molecule has 23 heavy (non-hydrogen) atoms. The number of nitrogens with zero attached hydrogens (tertiary/aromatic N) is 3. The van der Waals surface area contributed by atoms with E-state index in [0.29, 0.717) is 29.7 Å². The lowest BCUT2D eigenvalue weighted by Crippen LogP contribution is -2.08. The number of rotatable bonds is 5. The maximum atomic E-state index is 11.6. The summed E-state index contributed by atoms with van der Waals surface area (Å²) in [7, 11) is 0. The number of carbonyl (C=O) groups is 1. The quantitative estimate of drug-likeness (QED) is 0.771. The molecule has 3 aromatic rings. The van der Waals surface area contributed by atoms with Gasteiger partial charge in [-0.05, 0) is 0 Å². The van der Waals surface area contributed by atoms with Gasteiger partial charge in [0.1, 0.15) is 4.88 Å². The van der Waals surface area contributed by atoms with Gasteiger partial charge >= 0.3 is 0 Å². The molecular weight excluding hydrogens is 312 g/mol. The molecule has 0 spiro atoms. The molecule has 0 fully saturated rings. The van der Waals surface area contributed by atoms with E-state index in [-0.39, 0.29) is 5.91 Å². The average Bonchev–Trinajstić information content (AvgIpc) is 3.22. The van der Waals surface area contributed by atoms with Crippen molar-refractivity contribution in [2.45, 2.75) is 26.7 Å². The van der Waals surface area contributed by atoms with Crippen LogP contribution in [0.1, 0.15) is 26.2 Å². The largest absolute Gasteiger partial charge is 0.339 e. The third-order valence-corrected chi connectivity index (χ3v) is 4.18. The first-order valence-electron chi connectivity index (χ1n) is 7.40. The fraction of sp³-hybridized carbons (Fsp3) is 0.250. The molecule has 3 rings (SSSR count). The van der Waals surface area contributed by atoms with Crippen molar-refractivity contribution in [3.63, 3.8) is 0 Å². The first-order valence-corrected chi connectivity index (χ1v) is 8.22. The monoisotopic (exact) mass is 328 g/mol. The summed E-state index contributed by atoms with van der Waals surface area (Å²) in [5.74, 6) is 0.994. The van der Waals surface area contributed by atoms with E-state index in [2.05, 4.69) is 20.4 Å². The Morgan fingerprint density at radius 1 is 1.22 bits per heavy atom. The van der Waals surface area contributed by atoms with Gasteiger partial charge in [-0.1, -0.05) is 60.7 Å². The summed E-state index contributed by atoms with van der Waals surface area (Å²) in [5, 5.41) is 7.36. The molecule has 6 nitrogen and oxygen atoms in total. The lowest BCUT2D eigenvalue weighted by molar-refractivity contribution is -0.115. The summed E-state index contributed by atoms with van der Waals surface area (Å²) in [5.41, 5.74) is 1.68. The molecule has 0 aliphatic heterocycles. The summed E-state index contributed by atoms with van der Waals surface area (Å²) >= 11 is 1.35. The van der Waals surface area contributed by atoms with E-state index < -0.39 is 0 Å². The number of hydrogen-bond acceptors (Lipinski definition) is 6. The number of amides is 1. The highest BCUT2D eigenvalue weighted by Crippen LogP contribution is 2.37. The van der Waals surface area contributed by atoms with Crippen LogP contribution >= 0.6 is 11.3 Å². The number of aromatic nitrogens is 3. The Balaban J connectivity index is 2.06. The first-order chi connectivity index (χ1) is 11.2. The predicted octanol–water partition coefficient (Wildman–Crippen LogP) is 3.77. The molecule has 7 heteroatoms. The molecular formula is C16H16N4O2S. The fourth-order valence-electron chi connectivity index (χ4n) is 2.02. The zero-order chi connectivity index (χ0) is 16.2. The lowest BCUT2D eigenvalue weighted by atomic mass is 10.1. The minimum absolute atomic E-state index is 0.0766. The Bertz CT molecular complexity index is 811. The Morgan fingerprint density at radius 2 is 2.00 bits per heavy atom. The van der Waals surface area contributed by atoms with Gasteiger partial charge in [0.05, 0.1) is 5.69 Å². The summed E-state index contributed by atoms with van der Waals surface area (Å²) in [6, 6.07) is 9.75. The van der Waals surface area contributed by atoms with E-state index in [1.807, 2.05) is 37.3 Å². The zero-order valence-corrected chi connectivity index (χ0v) is 13.7. The Hall–Kier alpha value is -2.54. The van der Waals surface area contributed by atoms with Crippen LogP contribution in [0.15, 0.2) is 34.9 Å². The molecule has 0 unspecified atom stereocenters. The number of aryl methyl sites for hydroxylation is 1. The number of hydrogen-bond donors (Lipinski definition) is 1. The van der Waals surface area contributed by atoms with Gasteiger partial charge in [-0.15, -0.1) is 0 Å². The van der Waals surface area contributed by atoms with Gasteiger partial charge in [0, 0.05) is 18.4 Å². The highest BCUT2D eigenvalue weighted by atomic mass is 32.1. The predicted molar refractivity (Wildman–Crippen MR) is 89.1 cm³/mol. The molecule has 0 atom stereocenters. The third kappa shape index (κ3) is 3.29. The molecule has 0 radical (unpaired) electrons. The Kier molecular flexibility index (Phi) is 4.47. The van der Waals surface area contributed by atoms with Crippen molar-refractivity contribution in [1.82, 2.24) is 15.1 Å². The molecule has 2 aromatic heterocycles. The molecule has 1 amide bonds. The summed E-state index contributed by atoms with van der Waals surface area (Å²) in [6.07, 6.45) is 1.07. The Morgan fingerprint density at radius 3 is 2.65 bits per heavy atom. The molecule has 1 aromatic carbocycles. The van der Waals surface area contributed by atoms with Gasteiger partial charge in [-0.2, -0.15) is 4.98 Å². The van der Waals surface area contributed by atoms with Crippen LogP contribution in [-0.2, 0) is 11.2 Å². The van der Waals surface area contributed by atoms with Gasteiger partial charge in [0.15, 0.2) is 5.13 Å². The summed E-state index contributed by atoms with van der Waals surface area (Å²) < 4.78 is 5.20. The van der Waals surface area contributed by atoms with Crippen LogP contribution in [0.3, 0.4) is 0 Å². The van der Waals surface area contributed by atoms with E-state index in [0.717, 1.165) is 16.1 Å². The van der Waals surface area contributed by atoms with Crippen LogP contribution in [0.2, 0.25) is 0 Å². The van der Waals surface area contributed by atoms with Crippen LogP contribution in [0.4, 0.5) is 5.13 Å². The van der Waals surface area contributed by atoms with Gasteiger partial charge in [-0.3, -0.25) is 4.79 Å². The van der Waals surface area contributed by atoms with Gasteiger partial charge < -0.3 is 9.84 Å². The van der Waals surface area contributed by atoms with E-state index >= 15 is 0 Å². The second-order valence-corrected chi connectivity index (χ2v) is 5.83. The lowest BCUT2D eigenvalue weighted by Gasteiger charge is -1.98. The van der Waals surface area contributed by atoms with Crippen LogP contribution in [0.5, 0.6) is 0 Å². The van der Waals surface area contributed by atoms with Crippen molar-refractivity contribution in [3.8, 4) is 22.0 Å². The van der Waals surface area contributed by atoms with Gasteiger partial charge in [0.25, 0.3) is 0 Å². The highest BCUT2D eigenvalue weighted by molar-refractivity contribution is 7.19. The standard InChI is InChI=1S/C16H16N4O2S/c1-3-11(21)17-16-19-13(10-8-6-5-7-9-10)14(23-16)15-18-12(4-2)22-20-15/h5-9H,3-4H2,1-2H3,(H,17,19,21). The summed E-state index contributed by atoms with van der Waals surface area (Å²) in [4.78, 5) is 21.3. The zero-order valence-electron chi connectivity index (χ0n) is 12.9. The van der Waals surface area contributed by atoms with E-state index in [1.54, 1.807) is 6.92 Å². The highest BCUT2D eigenvalue weighted by Gasteiger charge is 2.20. The number of anilines is 1. The van der Waals surface area contributed by atoms with Crippen molar-refractivity contribution in [1.29, 1.82) is 0 Å². The van der Waals surface area contributed by atoms with Crippen molar-refractivity contribution in [2.75, 3.05) is 5.32 Å². The molecule has 0 aliphatic rings. The van der Waals surface area contributed by atoms with Crippen LogP contribution in [0.25, 0.3) is 22.0 Å². The topological polar surface area (TPSA) is 80.9 Å². The molecule has 0 bridgehead atoms. The van der Waals surface area contributed by atoms with Crippen LogP contribution in [-0.4, -0.2) is 21.0 Å². The molecule has 0 aliphatic carbocycles. The van der Waals surface area contributed by atoms with Crippen LogP contribution in [0, 0.1) is 0 Å². The molecule has 118 valence electrons. The smallest absolute Gasteiger partial charge is 0.226 e. The number of carbonyl (C=O) groups excluding carboxylic acids is 1. The number of benzene rings is 1. The van der Waals surface area contributed by atoms with Crippen molar-refractivity contribution >= 4 is 22.4 Å². The molecule has 0 saturated heterocycles. The van der Waals surface area contributed by atoms with Crippen molar-refractivity contribution in [2.24, 2.45) is 0 Å². The SMILES string of the molecule is CCC(=O)Nc1nc(-c2ccccc2)c(-c2noc(CC)n2)s1.